The molecule has 0 bridgehead atoms. The summed E-state index contributed by atoms with van der Waals surface area (Å²) in [5, 5.41) is 36.3. The lowest BCUT2D eigenvalue weighted by atomic mass is 9.89. The molecule has 6 nitrogen and oxygen atoms in total. The Kier molecular flexibility index (Phi) is 9.33. The van der Waals surface area contributed by atoms with E-state index in [1.807, 2.05) is 0 Å². The molecule has 6 heteroatoms. The van der Waals surface area contributed by atoms with Crippen LogP contribution in [0.25, 0.3) is 0 Å². The second kappa shape index (κ2) is 10.5. The minimum Gasteiger partial charge on any atom is -0.395 e. The summed E-state index contributed by atoms with van der Waals surface area (Å²) in [5.74, 6) is 0. The molecule has 1 aliphatic carbocycles. The Labute approximate surface area is 121 Å². The lowest BCUT2D eigenvalue weighted by Gasteiger charge is -2.40. The zero-order valence-corrected chi connectivity index (χ0v) is 12.3. The van der Waals surface area contributed by atoms with E-state index in [0.717, 1.165) is 25.7 Å². The number of aliphatic hydroxyl groups excluding tert-OH is 4. The van der Waals surface area contributed by atoms with Gasteiger partial charge >= 0.3 is 0 Å². The Morgan fingerprint density at radius 3 is 1.00 bits per heavy atom. The second-order valence-electron chi connectivity index (χ2n) is 5.43. The van der Waals surface area contributed by atoms with E-state index in [1.54, 1.807) is 0 Å². The van der Waals surface area contributed by atoms with Gasteiger partial charge in [0.05, 0.1) is 26.4 Å². The summed E-state index contributed by atoms with van der Waals surface area (Å²) < 4.78 is 0. The highest BCUT2D eigenvalue weighted by Crippen LogP contribution is 2.26. The quantitative estimate of drug-likeness (QED) is 0.407. The van der Waals surface area contributed by atoms with Crippen LogP contribution >= 0.6 is 0 Å². The highest BCUT2D eigenvalue weighted by molar-refractivity contribution is 4.84. The Balaban J connectivity index is 2.43. The van der Waals surface area contributed by atoms with Crippen LogP contribution in [0.4, 0.5) is 0 Å². The van der Waals surface area contributed by atoms with E-state index in [2.05, 4.69) is 9.80 Å². The summed E-state index contributed by atoms with van der Waals surface area (Å²) in [6, 6.07) is 0.853. The molecular weight excluding hydrogens is 260 g/mol. The largest absolute Gasteiger partial charge is 0.395 e. The van der Waals surface area contributed by atoms with Crippen molar-refractivity contribution in [1.82, 2.24) is 9.80 Å². The van der Waals surface area contributed by atoms with Crippen LogP contribution < -0.4 is 0 Å². The van der Waals surface area contributed by atoms with Crippen molar-refractivity contribution in [2.24, 2.45) is 0 Å². The SMILES string of the molecule is OCCN(CCO)C1CCC(N(CCO)CCO)CC1. The van der Waals surface area contributed by atoms with Gasteiger partial charge in [-0.1, -0.05) is 0 Å². The van der Waals surface area contributed by atoms with Gasteiger partial charge in [0.15, 0.2) is 0 Å². The van der Waals surface area contributed by atoms with Crippen LogP contribution in [-0.4, -0.2) is 94.9 Å². The molecule has 4 N–H and O–H groups in total. The zero-order valence-electron chi connectivity index (χ0n) is 12.3. The van der Waals surface area contributed by atoms with Crippen molar-refractivity contribution in [2.75, 3.05) is 52.6 Å². The van der Waals surface area contributed by atoms with Crippen molar-refractivity contribution in [1.29, 1.82) is 0 Å². The molecule has 0 aromatic rings. The molecule has 1 fully saturated rings. The van der Waals surface area contributed by atoms with Crippen LogP contribution in [0.3, 0.4) is 0 Å². The molecule has 20 heavy (non-hydrogen) atoms. The molecule has 0 radical (unpaired) electrons. The lowest BCUT2D eigenvalue weighted by molar-refractivity contribution is 0.0569. The van der Waals surface area contributed by atoms with E-state index in [9.17, 15) is 0 Å². The van der Waals surface area contributed by atoms with E-state index < -0.39 is 0 Å². The summed E-state index contributed by atoms with van der Waals surface area (Å²) in [7, 11) is 0. The molecule has 0 aromatic carbocycles. The Hall–Kier alpha value is -0.240. The van der Waals surface area contributed by atoms with Gasteiger partial charge in [-0.15, -0.1) is 0 Å². The van der Waals surface area contributed by atoms with Gasteiger partial charge in [-0.3, -0.25) is 9.80 Å². The molecule has 1 saturated carbocycles. The summed E-state index contributed by atoms with van der Waals surface area (Å²) >= 11 is 0. The van der Waals surface area contributed by atoms with Crippen molar-refractivity contribution in [3.63, 3.8) is 0 Å². The fraction of sp³-hybridized carbons (Fsp3) is 1.00. The summed E-state index contributed by atoms with van der Waals surface area (Å²) in [4.78, 5) is 4.33. The first-order chi connectivity index (χ1) is 9.76. The first-order valence-electron chi connectivity index (χ1n) is 7.68. The standard InChI is InChI=1S/C14H30N2O4/c17-9-5-15(6-10-18)13-1-2-14(4-3-13)16(7-11-19)8-12-20/h13-14,17-20H,1-12H2. The van der Waals surface area contributed by atoms with Crippen LogP contribution in [0.1, 0.15) is 25.7 Å². The molecule has 0 atom stereocenters. The molecule has 0 saturated heterocycles. The molecule has 120 valence electrons. The van der Waals surface area contributed by atoms with Gasteiger partial charge in [-0.05, 0) is 25.7 Å². The normalized spacial score (nSPS) is 23.7. The monoisotopic (exact) mass is 290 g/mol. The molecule has 1 rings (SSSR count). The predicted molar refractivity (Wildman–Crippen MR) is 77.5 cm³/mol. The van der Waals surface area contributed by atoms with Crippen molar-refractivity contribution in [3.8, 4) is 0 Å². The first kappa shape index (κ1) is 17.8. The lowest BCUT2D eigenvalue weighted by Crippen LogP contribution is -2.47. The highest BCUT2D eigenvalue weighted by atomic mass is 16.3. The zero-order chi connectivity index (χ0) is 14.8. The number of hydrogen-bond donors (Lipinski definition) is 4. The fourth-order valence-corrected chi connectivity index (χ4v) is 3.26. The Morgan fingerprint density at radius 1 is 0.550 bits per heavy atom. The number of hydrogen-bond acceptors (Lipinski definition) is 6. The van der Waals surface area contributed by atoms with Gasteiger partial charge < -0.3 is 20.4 Å². The third-order valence-electron chi connectivity index (χ3n) is 4.25. The van der Waals surface area contributed by atoms with E-state index in [-0.39, 0.29) is 26.4 Å². The van der Waals surface area contributed by atoms with Gasteiger partial charge in [0.2, 0.25) is 0 Å². The van der Waals surface area contributed by atoms with E-state index in [1.165, 1.54) is 0 Å². The van der Waals surface area contributed by atoms with Crippen molar-refractivity contribution >= 4 is 0 Å². The minimum absolute atomic E-state index is 0.126. The van der Waals surface area contributed by atoms with Gasteiger partial charge in [0, 0.05) is 38.3 Å². The van der Waals surface area contributed by atoms with Crippen LogP contribution in [0, 0.1) is 0 Å². The van der Waals surface area contributed by atoms with E-state index in [0.29, 0.717) is 38.3 Å². The minimum atomic E-state index is 0.126. The molecule has 0 heterocycles. The first-order valence-corrected chi connectivity index (χ1v) is 7.68. The van der Waals surface area contributed by atoms with Crippen molar-refractivity contribution in [2.45, 2.75) is 37.8 Å². The Morgan fingerprint density at radius 2 is 0.800 bits per heavy atom. The van der Waals surface area contributed by atoms with Gasteiger partial charge in [-0.2, -0.15) is 0 Å². The average molecular weight is 290 g/mol. The maximum Gasteiger partial charge on any atom is 0.0558 e. The van der Waals surface area contributed by atoms with Crippen LogP contribution in [0.2, 0.25) is 0 Å². The van der Waals surface area contributed by atoms with Gasteiger partial charge in [-0.25, -0.2) is 0 Å². The molecular formula is C14H30N2O4. The number of aliphatic hydroxyl groups is 4. The molecule has 0 unspecified atom stereocenters. The molecule has 0 aromatic heterocycles. The smallest absolute Gasteiger partial charge is 0.0558 e. The topological polar surface area (TPSA) is 87.4 Å². The van der Waals surface area contributed by atoms with Crippen molar-refractivity contribution < 1.29 is 20.4 Å². The van der Waals surface area contributed by atoms with Gasteiger partial charge in [0.25, 0.3) is 0 Å². The maximum absolute atomic E-state index is 9.09. The summed E-state index contributed by atoms with van der Waals surface area (Å²) in [6.07, 6.45) is 4.16. The third-order valence-corrected chi connectivity index (χ3v) is 4.25. The molecule has 0 spiro atoms. The van der Waals surface area contributed by atoms with Crippen molar-refractivity contribution in [3.05, 3.63) is 0 Å². The van der Waals surface area contributed by atoms with Crippen LogP contribution in [-0.2, 0) is 0 Å². The number of nitrogens with zero attached hydrogens (tertiary/aromatic N) is 2. The Bertz CT molecular complexity index is 199. The van der Waals surface area contributed by atoms with Gasteiger partial charge in [0.1, 0.15) is 0 Å². The van der Waals surface area contributed by atoms with E-state index in [4.69, 9.17) is 20.4 Å². The van der Waals surface area contributed by atoms with Crippen LogP contribution in [0.5, 0.6) is 0 Å². The fourth-order valence-electron chi connectivity index (χ4n) is 3.26. The summed E-state index contributed by atoms with van der Waals surface area (Å²) in [5.41, 5.74) is 0. The molecule has 0 aliphatic heterocycles. The molecule has 0 amide bonds. The summed E-state index contributed by atoms with van der Waals surface area (Å²) in [6.45, 7) is 2.98. The highest BCUT2D eigenvalue weighted by Gasteiger charge is 2.28. The van der Waals surface area contributed by atoms with E-state index >= 15 is 0 Å². The predicted octanol–water partition coefficient (Wildman–Crippen LogP) is -1.13. The maximum atomic E-state index is 9.09. The second-order valence-corrected chi connectivity index (χ2v) is 5.43. The van der Waals surface area contributed by atoms with Crippen LogP contribution in [0.15, 0.2) is 0 Å². The molecule has 1 aliphatic rings. The third kappa shape index (κ3) is 5.63. The number of rotatable bonds is 10. The average Bonchev–Trinajstić information content (AvgIpc) is 2.47.